The Morgan fingerprint density at radius 1 is 1.11 bits per heavy atom. The van der Waals surface area contributed by atoms with Crippen LogP contribution in [0.5, 0.6) is 5.75 Å². The van der Waals surface area contributed by atoms with Gasteiger partial charge in [-0.3, -0.25) is 0 Å². The van der Waals surface area contributed by atoms with Crippen molar-refractivity contribution in [2.75, 3.05) is 24.7 Å². The number of anilines is 1. The van der Waals surface area contributed by atoms with E-state index in [9.17, 15) is 4.39 Å². The summed E-state index contributed by atoms with van der Waals surface area (Å²) in [5, 5.41) is 3.09. The zero-order valence-corrected chi connectivity index (χ0v) is 11.5. The number of hydrogen-bond acceptors (Lipinski definition) is 3. The van der Waals surface area contributed by atoms with Crippen LogP contribution < -0.4 is 10.1 Å². The number of para-hydroxylation sites is 1. The van der Waals surface area contributed by atoms with Crippen molar-refractivity contribution in [2.45, 2.75) is 4.90 Å². The van der Waals surface area contributed by atoms with E-state index in [1.54, 1.807) is 31.0 Å². The standard InChI is InChI=1S/C15H16FNOS/c1-18-12-6-8-13(9-7-12)19-11-10-17-15-5-3-2-4-14(15)16/h2-9,17H,10-11H2,1H3. The summed E-state index contributed by atoms with van der Waals surface area (Å²) in [6, 6.07) is 14.6. The number of nitrogens with one attached hydrogen (secondary N) is 1. The molecule has 4 heteroatoms. The Hall–Kier alpha value is -1.68. The van der Waals surface area contributed by atoms with E-state index in [2.05, 4.69) is 5.32 Å². The van der Waals surface area contributed by atoms with Crippen LogP contribution in [0.25, 0.3) is 0 Å². The van der Waals surface area contributed by atoms with Crippen LogP contribution in [0.2, 0.25) is 0 Å². The molecule has 19 heavy (non-hydrogen) atoms. The molecule has 0 aliphatic carbocycles. The van der Waals surface area contributed by atoms with Crippen molar-refractivity contribution < 1.29 is 9.13 Å². The first kappa shape index (κ1) is 13.7. The molecular formula is C15H16FNOS. The molecule has 0 atom stereocenters. The summed E-state index contributed by atoms with van der Waals surface area (Å²) in [6.45, 7) is 0.720. The second-order valence-electron chi connectivity index (χ2n) is 3.93. The van der Waals surface area contributed by atoms with Crippen molar-refractivity contribution in [1.82, 2.24) is 0 Å². The fraction of sp³-hybridized carbons (Fsp3) is 0.200. The molecule has 0 unspecified atom stereocenters. The highest BCUT2D eigenvalue weighted by molar-refractivity contribution is 7.99. The molecule has 0 spiro atoms. The molecule has 2 rings (SSSR count). The molecule has 0 aliphatic rings. The third-order valence-electron chi connectivity index (χ3n) is 2.62. The lowest BCUT2D eigenvalue weighted by Gasteiger charge is -2.07. The topological polar surface area (TPSA) is 21.3 Å². The van der Waals surface area contributed by atoms with Crippen LogP contribution >= 0.6 is 11.8 Å². The van der Waals surface area contributed by atoms with Crippen LogP contribution in [0.1, 0.15) is 0 Å². The molecule has 0 aliphatic heterocycles. The van der Waals surface area contributed by atoms with Crippen LogP contribution in [0.3, 0.4) is 0 Å². The second-order valence-corrected chi connectivity index (χ2v) is 5.10. The van der Waals surface area contributed by atoms with Crippen molar-refractivity contribution in [1.29, 1.82) is 0 Å². The Bertz CT molecular complexity index is 516. The summed E-state index contributed by atoms with van der Waals surface area (Å²) in [7, 11) is 1.65. The van der Waals surface area contributed by atoms with E-state index in [0.717, 1.165) is 18.0 Å². The van der Waals surface area contributed by atoms with E-state index < -0.39 is 0 Å². The molecular weight excluding hydrogens is 261 g/mol. The summed E-state index contributed by atoms with van der Waals surface area (Å²) < 4.78 is 18.4. The third kappa shape index (κ3) is 4.17. The minimum absolute atomic E-state index is 0.211. The van der Waals surface area contributed by atoms with Gasteiger partial charge in [0.2, 0.25) is 0 Å². The molecule has 2 nitrogen and oxygen atoms in total. The van der Waals surface area contributed by atoms with E-state index >= 15 is 0 Å². The van der Waals surface area contributed by atoms with Crippen LogP contribution in [-0.4, -0.2) is 19.4 Å². The molecule has 2 aromatic carbocycles. The van der Waals surface area contributed by atoms with E-state index in [1.165, 1.54) is 11.0 Å². The zero-order valence-electron chi connectivity index (χ0n) is 10.7. The number of benzene rings is 2. The first-order chi connectivity index (χ1) is 9.29. The maximum absolute atomic E-state index is 13.3. The highest BCUT2D eigenvalue weighted by Crippen LogP contribution is 2.21. The fourth-order valence-corrected chi connectivity index (χ4v) is 2.40. The molecule has 100 valence electrons. The lowest BCUT2D eigenvalue weighted by molar-refractivity contribution is 0.414. The van der Waals surface area contributed by atoms with Gasteiger partial charge >= 0.3 is 0 Å². The maximum atomic E-state index is 13.3. The van der Waals surface area contributed by atoms with Gasteiger partial charge in [-0.1, -0.05) is 12.1 Å². The number of thioether (sulfide) groups is 1. The Labute approximate surface area is 117 Å². The van der Waals surface area contributed by atoms with Crippen LogP contribution in [0, 0.1) is 5.82 Å². The van der Waals surface area contributed by atoms with E-state index in [1.807, 2.05) is 30.3 Å². The lowest BCUT2D eigenvalue weighted by atomic mass is 10.3. The minimum atomic E-state index is -0.211. The van der Waals surface area contributed by atoms with Crippen LogP contribution in [0.15, 0.2) is 53.4 Å². The van der Waals surface area contributed by atoms with Crippen molar-refractivity contribution >= 4 is 17.4 Å². The number of halogens is 1. The number of hydrogen-bond donors (Lipinski definition) is 1. The summed E-state index contributed by atoms with van der Waals surface area (Å²) in [6.07, 6.45) is 0. The van der Waals surface area contributed by atoms with Crippen LogP contribution in [-0.2, 0) is 0 Å². The summed E-state index contributed by atoms with van der Waals surface area (Å²) >= 11 is 1.72. The summed E-state index contributed by atoms with van der Waals surface area (Å²) in [5.74, 6) is 1.52. The number of ether oxygens (including phenoxy) is 1. The molecule has 0 amide bonds. The maximum Gasteiger partial charge on any atom is 0.146 e. The Kier molecular flexibility index (Phi) is 5.10. The molecule has 0 saturated carbocycles. The highest BCUT2D eigenvalue weighted by atomic mass is 32.2. The van der Waals surface area contributed by atoms with Gasteiger partial charge in [-0.25, -0.2) is 4.39 Å². The first-order valence-electron chi connectivity index (χ1n) is 6.05. The molecule has 1 N–H and O–H groups in total. The first-order valence-corrected chi connectivity index (χ1v) is 7.03. The van der Waals surface area contributed by atoms with E-state index in [0.29, 0.717) is 5.69 Å². The Balaban J connectivity index is 1.76. The molecule has 0 heterocycles. The van der Waals surface area contributed by atoms with Gasteiger partial charge in [-0.05, 0) is 36.4 Å². The third-order valence-corrected chi connectivity index (χ3v) is 3.63. The van der Waals surface area contributed by atoms with Gasteiger partial charge in [-0.15, -0.1) is 11.8 Å². The van der Waals surface area contributed by atoms with Gasteiger partial charge in [-0.2, -0.15) is 0 Å². The van der Waals surface area contributed by atoms with Gasteiger partial charge in [0.05, 0.1) is 12.8 Å². The molecule has 2 aromatic rings. The van der Waals surface area contributed by atoms with Gasteiger partial charge in [0.1, 0.15) is 11.6 Å². The van der Waals surface area contributed by atoms with Gasteiger partial charge in [0, 0.05) is 17.2 Å². The predicted molar refractivity (Wildman–Crippen MR) is 78.6 cm³/mol. The lowest BCUT2D eigenvalue weighted by Crippen LogP contribution is -2.05. The smallest absolute Gasteiger partial charge is 0.146 e. The van der Waals surface area contributed by atoms with E-state index in [4.69, 9.17) is 4.74 Å². The van der Waals surface area contributed by atoms with Crippen LogP contribution in [0.4, 0.5) is 10.1 Å². The average molecular weight is 277 g/mol. The number of methoxy groups -OCH3 is 1. The number of rotatable bonds is 6. The zero-order chi connectivity index (χ0) is 13.5. The minimum Gasteiger partial charge on any atom is -0.497 e. The summed E-state index contributed by atoms with van der Waals surface area (Å²) in [5.41, 5.74) is 0.554. The van der Waals surface area contributed by atoms with Gasteiger partial charge in [0.25, 0.3) is 0 Å². The monoisotopic (exact) mass is 277 g/mol. The molecule has 0 radical (unpaired) electrons. The van der Waals surface area contributed by atoms with Gasteiger partial charge < -0.3 is 10.1 Å². The highest BCUT2D eigenvalue weighted by Gasteiger charge is 1.99. The molecule has 0 bridgehead atoms. The summed E-state index contributed by atoms with van der Waals surface area (Å²) in [4.78, 5) is 1.18. The van der Waals surface area contributed by atoms with Crippen molar-refractivity contribution in [3.8, 4) is 5.75 Å². The largest absolute Gasteiger partial charge is 0.497 e. The normalized spacial score (nSPS) is 10.2. The van der Waals surface area contributed by atoms with Crippen molar-refractivity contribution in [3.63, 3.8) is 0 Å². The molecule has 0 saturated heterocycles. The Morgan fingerprint density at radius 2 is 1.84 bits per heavy atom. The predicted octanol–water partition coefficient (Wildman–Crippen LogP) is 4.04. The fourth-order valence-electron chi connectivity index (χ4n) is 1.63. The van der Waals surface area contributed by atoms with Crippen molar-refractivity contribution in [3.05, 3.63) is 54.3 Å². The average Bonchev–Trinajstić information content (AvgIpc) is 2.46. The van der Waals surface area contributed by atoms with Gasteiger partial charge in [0.15, 0.2) is 0 Å². The second kappa shape index (κ2) is 7.04. The van der Waals surface area contributed by atoms with Crippen molar-refractivity contribution in [2.24, 2.45) is 0 Å². The molecule has 0 fully saturated rings. The SMILES string of the molecule is COc1ccc(SCCNc2ccccc2F)cc1. The van der Waals surface area contributed by atoms with E-state index in [-0.39, 0.29) is 5.82 Å². The molecule has 0 aromatic heterocycles. The quantitative estimate of drug-likeness (QED) is 0.636. The Morgan fingerprint density at radius 3 is 2.53 bits per heavy atom.